The summed E-state index contributed by atoms with van der Waals surface area (Å²) in [4.78, 5) is 4.03. The molecule has 0 bridgehead atoms. The Balaban J connectivity index is 2.04. The van der Waals surface area contributed by atoms with Crippen molar-refractivity contribution in [2.24, 2.45) is 0 Å². The van der Waals surface area contributed by atoms with Gasteiger partial charge in [0.2, 0.25) is 5.89 Å². The van der Waals surface area contributed by atoms with Crippen LogP contribution in [0.15, 0.2) is 22.7 Å². The molecule has 2 aromatic rings. The van der Waals surface area contributed by atoms with Gasteiger partial charge in [0, 0.05) is 19.0 Å². The summed E-state index contributed by atoms with van der Waals surface area (Å²) in [5.41, 5.74) is 0.551. The molecule has 0 amide bonds. The minimum absolute atomic E-state index is 0.0202. The maximum absolute atomic E-state index is 12.5. The number of aromatic nitrogens is 2. The normalized spacial score (nSPS) is 10.9. The van der Waals surface area contributed by atoms with Crippen LogP contribution in [-0.2, 0) is 13.1 Å². The Bertz CT molecular complexity index is 590. The second kappa shape index (κ2) is 6.98. The van der Waals surface area contributed by atoms with Crippen molar-refractivity contribution in [3.05, 3.63) is 35.5 Å². The Hall–Kier alpha value is -2.22. The Labute approximate surface area is 120 Å². The van der Waals surface area contributed by atoms with E-state index in [9.17, 15) is 8.78 Å². The van der Waals surface area contributed by atoms with Crippen molar-refractivity contribution in [2.45, 2.75) is 26.6 Å². The second-order valence-corrected chi connectivity index (χ2v) is 4.16. The standard InChI is InChI=1S/C13H15F2N3O3/c1-8-17-11(18-21-8)7-16-6-9-4-3-5-10(19-2)12(9)20-13(14)15/h3-5,13,16H,6-7H2,1-2H3. The van der Waals surface area contributed by atoms with E-state index in [1.165, 1.54) is 7.11 Å². The Morgan fingerprint density at radius 3 is 2.76 bits per heavy atom. The van der Waals surface area contributed by atoms with Gasteiger partial charge in [-0.3, -0.25) is 0 Å². The molecule has 1 aromatic carbocycles. The fourth-order valence-electron chi connectivity index (χ4n) is 1.81. The lowest BCUT2D eigenvalue weighted by Crippen LogP contribution is -2.15. The molecular weight excluding hydrogens is 284 g/mol. The predicted molar refractivity (Wildman–Crippen MR) is 69.2 cm³/mol. The van der Waals surface area contributed by atoms with Gasteiger partial charge >= 0.3 is 6.61 Å². The maximum atomic E-state index is 12.5. The Kier molecular flexibility index (Phi) is 5.04. The first-order chi connectivity index (χ1) is 10.1. The van der Waals surface area contributed by atoms with Gasteiger partial charge in [-0.1, -0.05) is 17.3 Å². The molecule has 0 spiro atoms. The molecule has 0 aliphatic carbocycles. The van der Waals surface area contributed by atoms with Crippen LogP contribution in [0.3, 0.4) is 0 Å². The predicted octanol–water partition coefficient (Wildman–Crippen LogP) is 2.28. The molecule has 8 heteroatoms. The summed E-state index contributed by atoms with van der Waals surface area (Å²) in [6.45, 7) is -0.581. The van der Waals surface area contributed by atoms with Gasteiger partial charge in [0.05, 0.1) is 13.7 Å². The van der Waals surface area contributed by atoms with Crippen molar-refractivity contribution < 1.29 is 22.8 Å². The number of methoxy groups -OCH3 is 1. The van der Waals surface area contributed by atoms with Gasteiger partial charge in [0.15, 0.2) is 17.3 Å². The zero-order chi connectivity index (χ0) is 15.2. The smallest absolute Gasteiger partial charge is 0.387 e. The van der Waals surface area contributed by atoms with Crippen molar-refractivity contribution >= 4 is 0 Å². The SMILES string of the molecule is COc1cccc(CNCc2noc(C)n2)c1OC(F)F. The summed E-state index contributed by atoms with van der Waals surface area (Å²) < 4.78 is 39.3. The molecule has 6 nitrogen and oxygen atoms in total. The number of benzene rings is 1. The summed E-state index contributed by atoms with van der Waals surface area (Å²) in [5.74, 6) is 1.23. The van der Waals surface area contributed by atoms with E-state index in [1.54, 1.807) is 25.1 Å². The van der Waals surface area contributed by atoms with Crippen molar-refractivity contribution in [3.8, 4) is 11.5 Å². The molecule has 0 saturated heterocycles. The van der Waals surface area contributed by atoms with Crippen molar-refractivity contribution in [1.29, 1.82) is 0 Å². The summed E-state index contributed by atoms with van der Waals surface area (Å²) in [6, 6.07) is 4.94. The van der Waals surface area contributed by atoms with E-state index in [4.69, 9.17) is 9.26 Å². The van der Waals surface area contributed by atoms with Gasteiger partial charge in [-0.25, -0.2) is 0 Å². The highest BCUT2D eigenvalue weighted by atomic mass is 19.3. The monoisotopic (exact) mass is 299 g/mol. The fraction of sp³-hybridized carbons (Fsp3) is 0.385. The average Bonchev–Trinajstić information content (AvgIpc) is 2.85. The number of nitrogens with zero attached hydrogens (tertiary/aromatic N) is 2. The molecule has 1 N–H and O–H groups in total. The zero-order valence-electron chi connectivity index (χ0n) is 11.6. The molecule has 0 saturated carbocycles. The fourth-order valence-corrected chi connectivity index (χ4v) is 1.81. The van der Waals surface area contributed by atoms with E-state index >= 15 is 0 Å². The summed E-state index contributed by atoms with van der Waals surface area (Å²) >= 11 is 0. The van der Waals surface area contributed by atoms with Crippen LogP contribution >= 0.6 is 0 Å². The minimum atomic E-state index is -2.92. The van der Waals surface area contributed by atoms with Crippen LogP contribution in [0.25, 0.3) is 0 Å². The summed E-state index contributed by atoms with van der Waals surface area (Å²) in [5, 5.41) is 6.76. The molecule has 21 heavy (non-hydrogen) atoms. The quantitative estimate of drug-likeness (QED) is 0.846. The zero-order valence-corrected chi connectivity index (χ0v) is 11.6. The van der Waals surface area contributed by atoms with Gasteiger partial charge in [0.1, 0.15) is 0 Å². The molecule has 2 rings (SSSR count). The van der Waals surface area contributed by atoms with E-state index in [0.29, 0.717) is 30.4 Å². The third kappa shape index (κ3) is 4.12. The van der Waals surface area contributed by atoms with Crippen LogP contribution in [0.2, 0.25) is 0 Å². The summed E-state index contributed by atoms with van der Waals surface area (Å²) in [7, 11) is 1.40. The summed E-state index contributed by atoms with van der Waals surface area (Å²) in [6.07, 6.45) is 0. The highest BCUT2D eigenvalue weighted by Crippen LogP contribution is 2.32. The van der Waals surface area contributed by atoms with Crippen LogP contribution in [0.5, 0.6) is 11.5 Å². The molecule has 0 atom stereocenters. The third-order valence-electron chi connectivity index (χ3n) is 2.66. The van der Waals surface area contributed by atoms with Crippen molar-refractivity contribution in [3.63, 3.8) is 0 Å². The van der Waals surface area contributed by atoms with Crippen LogP contribution in [0, 0.1) is 6.92 Å². The van der Waals surface area contributed by atoms with E-state index in [2.05, 4.69) is 20.2 Å². The van der Waals surface area contributed by atoms with Crippen molar-refractivity contribution in [1.82, 2.24) is 15.5 Å². The number of nitrogens with one attached hydrogen (secondary N) is 1. The minimum Gasteiger partial charge on any atom is -0.493 e. The third-order valence-corrected chi connectivity index (χ3v) is 2.66. The van der Waals surface area contributed by atoms with Crippen LogP contribution in [0.4, 0.5) is 8.78 Å². The van der Waals surface area contributed by atoms with E-state index in [-0.39, 0.29) is 11.5 Å². The van der Waals surface area contributed by atoms with Gasteiger partial charge in [-0.15, -0.1) is 0 Å². The molecular formula is C13H15F2N3O3. The lowest BCUT2D eigenvalue weighted by atomic mass is 10.2. The molecule has 0 radical (unpaired) electrons. The molecule has 1 heterocycles. The van der Waals surface area contributed by atoms with Crippen molar-refractivity contribution in [2.75, 3.05) is 7.11 Å². The van der Waals surface area contributed by atoms with Gasteiger partial charge in [-0.05, 0) is 6.07 Å². The number of rotatable bonds is 7. The van der Waals surface area contributed by atoms with E-state index in [1.807, 2.05) is 0 Å². The second-order valence-electron chi connectivity index (χ2n) is 4.16. The first-order valence-corrected chi connectivity index (χ1v) is 6.20. The Morgan fingerprint density at radius 2 is 2.14 bits per heavy atom. The Morgan fingerprint density at radius 1 is 1.33 bits per heavy atom. The largest absolute Gasteiger partial charge is 0.493 e. The highest BCUT2D eigenvalue weighted by molar-refractivity contribution is 5.46. The van der Waals surface area contributed by atoms with Gasteiger partial charge < -0.3 is 19.3 Å². The molecule has 0 aliphatic rings. The van der Waals surface area contributed by atoms with Crippen LogP contribution < -0.4 is 14.8 Å². The van der Waals surface area contributed by atoms with Crippen LogP contribution in [-0.4, -0.2) is 23.9 Å². The van der Waals surface area contributed by atoms with Gasteiger partial charge in [0.25, 0.3) is 0 Å². The number of ether oxygens (including phenoxy) is 2. The number of hydrogen-bond acceptors (Lipinski definition) is 6. The van der Waals surface area contributed by atoms with E-state index in [0.717, 1.165) is 0 Å². The highest BCUT2D eigenvalue weighted by Gasteiger charge is 2.15. The number of aryl methyl sites for hydroxylation is 1. The number of halogens is 2. The molecule has 0 unspecified atom stereocenters. The molecule has 0 aliphatic heterocycles. The maximum Gasteiger partial charge on any atom is 0.387 e. The van der Waals surface area contributed by atoms with Crippen LogP contribution in [0.1, 0.15) is 17.3 Å². The average molecular weight is 299 g/mol. The topological polar surface area (TPSA) is 69.4 Å². The van der Waals surface area contributed by atoms with Gasteiger partial charge in [-0.2, -0.15) is 13.8 Å². The molecule has 0 fully saturated rings. The molecule has 114 valence electrons. The number of hydrogen-bond donors (Lipinski definition) is 1. The number of para-hydroxylation sites is 1. The number of alkyl halides is 2. The van der Waals surface area contributed by atoms with E-state index < -0.39 is 6.61 Å². The lowest BCUT2D eigenvalue weighted by Gasteiger charge is -2.14. The first kappa shape index (κ1) is 15.2. The lowest BCUT2D eigenvalue weighted by molar-refractivity contribution is -0.0518. The first-order valence-electron chi connectivity index (χ1n) is 6.20. The molecule has 1 aromatic heterocycles.